The number of anilines is 2. The molecule has 20 heavy (non-hydrogen) atoms. The van der Waals surface area contributed by atoms with Gasteiger partial charge in [-0.05, 0) is 30.3 Å². The van der Waals surface area contributed by atoms with Gasteiger partial charge in [-0.25, -0.2) is 4.39 Å². The second-order valence-electron chi connectivity index (χ2n) is 3.90. The molecule has 7 heteroatoms. The third-order valence-corrected chi connectivity index (χ3v) is 3.70. The Morgan fingerprint density at radius 2 is 1.90 bits per heavy atom. The van der Waals surface area contributed by atoms with Crippen LogP contribution in [0.3, 0.4) is 0 Å². The first-order valence-corrected chi connectivity index (χ1v) is 6.88. The molecule has 1 aromatic carbocycles. The van der Waals surface area contributed by atoms with Gasteiger partial charge in [0.2, 0.25) is 5.13 Å². The second-order valence-corrected chi connectivity index (χ2v) is 5.29. The van der Waals surface area contributed by atoms with Crippen LogP contribution in [0.4, 0.5) is 15.2 Å². The number of hydrogen-bond donors (Lipinski definition) is 1. The lowest BCUT2D eigenvalue weighted by molar-refractivity contribution is 0.628. The van der Waals surface area contributed by atoms with E-state index in [-0.39, 0.29) is 5.02 Å². The van der Waals surface area contributed by atoms with Gasteiger partial charge in [0, 0.05) is 23.6 Å². The minimum Gasteiger partial charge on any atom is -0.330 e. The lowest BCUT2D eigenvalue weighted by atomic mass is 10.3. The predicted molar refractivity (Wildman–Crippen MR) is 77.8 cm³/mol. The van der Waals surface area contributed by atoms with Gasteiger partial charge in [0.05, 0.1) is 5.02 Å². The van der Waals surface area contributed by atoms with Crippen LogP contribution >= 0.6 is 22.9 Å². The van der Waals surface area contributed by atoms with Gasteiger partial charge in [0.15, 0.2) is 0 Å². The highest BCUT2D eigenvalue weighted by Crippen LogP contribution is 2.29. The van der Waals surface area contributed by atoms with Crippen molar-refractivity contribution < 1.29 is 4.39 Å². The van der Waals surface area contributed by atoms with Crippen LogP contribution in [0.2, 0.25) is 5.02 Å². The van der Waals surface area contributed by atoms with E-state index in [0.717, 1.165) is 10.6 Å². The molecule has 0 saturated carbocycles. The molecule has 3 aromatic rings. The van der Waals surface area contributed by atoms with Gasteiger partial charge in [0.1, 0.15) is 10.8 Å². The van der Waals surface area contributed by atoms with Crippen molar-refractivity contribution in [1.29, 1.82) is 0 Å². The summed E-state index contributed by atoms with van der Waals surface area (Å²) in [6.45, 7) is 0. The fourth-order valence-corrected chi connectivity index (χ4v) is 2.53. The van der Waals surface area contributed by atoms with Crippen molar-refractivity contribution in [1.82, 2.24) is 15.2 Å². The van der Waals surface area contributed by atoms with E-state index in [2.05, 4.69) is 20.5 Å². The van der Waals surface area contributed by atoms with Crippen LogP contribution in [0.15, 0.2) is 42.7 Å². The van der Waals surface area contributed by atoms with Crippen molar-refractivity contribution in [2.24, 2.45) is 0 Å². The highest BCUT2D eigenvalue weighted by Gasteiger charge is 2.07. The van der Waals surface area contributed by atoms with Gasteiger partial charge in [-0.2, -0.15) is 0 Å². The number of benzene rings is 1. The molecule has 3 rings (SSSR count). The molecule has 1 N–H and O–H groups in total. The number of nitrogens with one attached hydrogen (secondary N) is 1. The fraction of sp³-hybridized carbons (Fsp3) is 0. The summed E-state index contributed by atoms with van der Waals surface area (Å²) in [6.07, 6.45) is 3.40. The minimum absolute atomic E-state index is 0.0638. The fourth-order valence-electron chi connectivity index (χ4n) is 1.58. The van der Waals surface area contributed by atoms with E-state index in [1.807, 2.05) is 12.1 Å². The first kappa shape index (κ1) is 13.0. The van der Waals surface area contributed by atoms with Gasteiger partial charge in [-0.1, -0.05) is 22.9 Å². The van der Waals surface area contributed by atoms with Crippen LogP contribution in [-0.4, -0.2) is 15.2 Å². The smallest absolute Gasteiger partial charge is 0.210 e. The monoisotopic (exact) mass is 306 g/mol. The maximum atomic E-state index is 13.1. The van der Waals surface area contributed by atoms with Crippen LogP contribution in [0.25, 0.3) is 10.6 Å². The minimum atomic E-state index is -0.452. The number of halogens is 2. The zero-order chi connectivity index (χ0) is 13.9. The number of nitrogens with zero attached hydrogens (tertiary/aromatic N) is 3. The molecule has 100 valence electrons. The quantitative estimate of drug-likeness (QED) is 0.790. The Morgan fingerprint density at radius 3 is 2.65 bits per heavy atom. The highest BCUT2D eigenvalue weighted by molar-refractivity contribution is 7.18. The first-order chi connectivity index (χ1) is 9.72. The lowest BCUT2D eigenvalue weighted by Crippen LogP contribution is -1.90. The molecule has 0 aliphatic carbocycles. The molecule has 0 bridgehead atoms. The molecule has 0 amide bonds. The van der Waals surface area contributed by atoms with Crippen molar-refractivity contribution in [2.75, 3.05) is 5.32 Å². The summed E-state index contributed by atoms with van der Waals surface area (Å²) >= 11 is 7.12. The molecule has 0 radical (unpaired) electrons. The van der Waals surface area contributed by atoms with Crippen molar-refractivity contribution >= 4 is 33.8 Å². The third kappa shape index (κ3) is 2.76. The zero-order valence-corrected chi connectivity index (χ0v) is 11.6. The molecule has 4 nitrogen and oxygen atoms in total. The largest absolute Gasteiger partial charge is 0.330 e. The molecule has 0 aliphatic rings. The third-order valence-electron chi connectivity index (χ3n) is 2.52. The van der Waals surface area contributed by atoms with Crippen molar-refractivity contribution in [3.8, 4) is 10.6 Å². The Labute approximate surface area is 123 Å². The molecular weight excluding hydrogens is 299 g/mol. The van der Waals surface area contributed by atoms with E-state index in [0.29, 0.717) is 10.8 Å². The van der Waals surface area contributed by atoms with Gasteiger partial charge < -0.3 is 5.32 Å². The van der Waals surface area contributed by atoms with Crippen LogP contribution in [0.5, 0.6) is 0 Å². The maximum absolute atomic E-state index is 13.1. The summed E-state index contributed by atoms with van der Waals surface area (Å²) < 4.78 is 13.1. The summed E-state index contributed by atoms with van der Waals surface area (Å²) in [4.78, 5) is 3.95. The zero-order valence-electron chi connectivity index (χ0n) is 10.0. The number of hydrogen-bond acceptors (Lipinski definition) is 5. The van der Waals surface area contributed by atoms with E-state index in [9.17, 15) is 4.39 Å². The molecule has 0 aliphatic heterocycles. The summed E-state index contributed by atoms with van der Waals surface area (Å²) in [5.41, 5.74) is 1.61. The number of aromatic nitrogens is 3. The normalized spacial score (nSPS) is 10.5. The summed E-state index contributed by atoms with van der Waals surface area (Å²) in [6, 6.07) is 8.12. The van der Waals surface area contributed by atoms with E-state index in [4.69, 9.17) is 11.6 Å². The highest BCUT2D eigenvalue weighted by atomic mass is 35.5. The van der Waals surface area contributed by atoms with Crippen molar-refractivity contribution in [3.05, 3.63) is 53.6 Å². The first-order valence-electron chi connectivity index (χ1n) is 5.68. The summed E-state index contributed by atoms with van der Waals surface area (Å²) in [5, 5.41) is 12.6. The maximum Gasteiger partial charge on any atom is 0.210 e. The van der Waals surface area contributed by atoms with Crippen LogP contribution < -0.4 is 5.32 Å². The predicted octanol–water partition coefficient (Wildman–Crippen LogP) is 4.14. The molecule has 2 heterocycles. The number of pyridine rings is 1. The molecule has 0 saturated heterocycles. The molecule has 0 unspecified atom stereocenters. The van der Waals surface area contributed by atoms with E-state index in [1.165, 1.54) is 23.5 Å². The summed E-state index contributed by atoms with van der Waals surface area (Å²) in [5.74, 6) is -0.452. The Kier molecular flexibility index (Phi) is 3.58. The molecule has 2 aromatic heterocycles. The van der Waals surface area contributed by atoms with Gasteiger partial charge in [0.25, 0.3) is 0 Å². The average Bonchev–Trinajstić information content (AvgIpc) is 2.92. The van der Waals surface area contributed by atoms with Gasteiger partial charge in [-0.15, -0.1) is 10.2 Å². The van der Waals surface area contributed by atoms with Crippen LogP contribution in [0.1, 0.15) is 0 Å². The topological polar surface area (TPSA) is 50.7 Å². The molecule has 0 spiro atoms. The van der Waals surface area contributed by atoms with Crippen molar-refractivity contribution in [2.45, 2.75) is 0 Å². The van der Waals surface area contributed by atoms with Crippen LogP contribution in [0, 0.1) is 5.82 Å². The van der Waals surface area contributed by atoms with Gasteiger partial charge >= 0.3 is 0 Å². The SMILES string of the molecule is Fc1ccc(Nc2nnc(-c3ccncc3)s2)cc1Cl. The molecule has 0 fully saturated rings. The Morgan fingerprint density at radius 1 is 1.10 bits per heavy atom. The van der Waals surface area contributed by atoms with E-state index >= 15 is 0 Å². The number of rotatable bonds is 3. The Hall–Kier alpha value is -2.05. The van der Waals surface area contributed by atoms with Crippen molar-refractivity contribution in [3.63, 3.8) is 0 Å². The second kappa shape index (κ2) is 5.52. The van der Waals surface area contributed by atoms with Crippen LogP contribution in [-0.2, 0) is 0 Å². The summed E-state index contributed by atoms with van der Waals surface area (Å²) in [7, 11) is 0. The molecule has 0 atom stereocenters. The van der Waals surface area contributed by atoms with Gasteiger partial charge in [-0.3, -0.25) is 4.98 Å². The standard InChI is InChI=1S/C13H8ClFN4S/c14-10-7-9(1-2-11(10)15)17-13-19-18-12(20-13)8-3-5-16-6-4-8/h1-7H,(H,17,19). The lowest BCUT2D eigenvalue weighted by Gasteiger charge is -2.02. The van der Waals surface area contributed by atoms with E-state index < -0.39 is 5.82 Å². The average molecular weight is 307 g/mol. The Balaban J connectivity index is 1.82. The Bertz CT molecular complexity index is 732. The molecular formula is C13H8ClFN4S. The van der Waals surface area contributed by atoms with E-state index in [1.54, 1.807) is 18.5 Å².